The third-order valence-electron chi connectivity index (χ3n) is 3.57. The molecule has 2 aliphatic heterocycles. The molecule has 0 aliphatic carbocycles. The normalized spacial score (nSPS) is 19.8. The third-order valence-corrected chi connectivity index (χ3v) is 4.46. The lowest BCUT2D eigenvalue weighted by molar-refractivity contribution is -0.120. The first-order chi connectivity index (χ1) is 10.3. The van der Waals surface area contributed by atoms with Gasteiger partial charge < -0.3 is 15.0 Å². The van der Waals surface area contributed by atoms with Gasteiger partial charge in [0.2, 0.25) is 5.91 Å². The van der Waals surface area contributed by atoms with E-state index < -0.39 is 5.60 Å². The zero-order valence-electron chi connectivity index (χ0n) is 13.6. The van der Waals surface area contributed by atoms with Gasteiger partial charge >= 0.3 is 6.09 Å². The molecule has 1 N–H and O–H groups in total. The van der Waals surface area contributed by atoms with Gasteiger partial charge in [-0.1, -0.05) is 11.8 Å². The minimum atomic E-state index is -0.465. The molecule has 1 fully saturated rings. The van der Waals surface area contributed by atoms with Crippen LogP contribution in [0.4, 0.5) is 4.79 Å². The number of carbonyl (C=O) groups excluding carboxylic acids is 2. The number of amidine groups is 1. The summed E-state index contributed by atoms with van der Waals surface area (Å²) in [5, 5.41) is 3.61. The summed E-state index contributed by atoms with van der Waals surface area (Å²) in [7, 11) is 0. The van der Waals surface area contributed by atoms with Crippen LogP contribution < -0.4 is 5.32 Å². The summed E-state index contributed by atoms with van der Waals surface area (Å²) in [6.07, 6.45) is 1.92. The van der Waals surface area contributed by atoms with Crippen LogP contribution in [0.2, 0.25) is 0 Å². The number of likely N-dealkylation sites (tertiary alicyclic amines) is 1. The van der Waals surface area contributed by atoms with Gasteiger partial charge in [-0.15, -0.1) is 0 Å². The van der Waals surface area contributed by atoms with E-state index in [0.29, 0.717) is 25.4 Å². The summed E-state index contributed by atoms with van der Waals surface area (Å²) in [5.74, 6) is 1.30. The van der Waals surface area contributed by atoms with Crippen molar-refractivity contribution >= 4 is 28.9 Å². The SMILES string of the molecule is CC(C)(C)OC(=O)N1CCC(CC(=O)NC2=NCCS2)CC1. The van der Waals surface area contributed by atoms with Gasteiger partial charge in [0.1, 0.15) is 5.60 Å². The number of piperidine rings is 1. The van der Waals surface area contributed by atoms with Crippen LogP contribution in [0.3, 0.4) is 0 Å². The maximum absolute atomic E-state index is 12.0. The fraction of sp³-hybridized carbons (Fsp3) is 0.800. The molecule has 22 heavy (non-hydrogen) atoms. The minimum Gasteiger partial charge on any atom is -0.444 e. The Hall–Kier alpha value is -1.24. The second-order valence-electron chi connectivity index (χ2n) is 6.70. The number of aliphatic imine (C=N–C) groups is 1. The zero-order valence-corrected chi connectivity index (χ0v) is 14.4. The van der Waals surface area contributed by atoms with Crippen LogP contribution in [0, 0.1) is 5.92 Å². The predicted octanol–water partition coefficient (Wildman–Crippen LogP) is 2.24. The van der Waals surface area contributed by atoms with E-state index >= 15 is 0 Å². The number of hydrogen-bond donors (Lipinski definition) is 1. The Labute approximate surface area is 136 Å². The molecule has 0 spiro atoms. The van der Waals surface area contributed by atoms with E-state index in [-0.39, 0.29) is 12.0 Å². The zero-order chi connectivity index (χ0) is 16.2. The maximum Gasteiger partial charge on any atom is 0.410 e. The molecule has 2 aliphatic rings. The first kappa shape index (κ1) is 17.1. The van der Waals surface area contributed by atoms with Gasteiger partial charge in [0.15, 0.2) is 5.17 Å². The number of amides is 2. The summed E-state index contributed by atoms with van der Waals surface area (Å²) in [5.41, 5.74) is -0.465. The number of nitrogens with zero attached hydrogens (tertiary/aromatic N) is 2. The Morgan fingerprint density at radius 1 is 1.36 bits per heavy atom. The molecule has 0 aromatic carbocycles. The van der Waals surface area contributed by atoms with Crippen LogP contribution in [0.25, 0.3) is 0 Å². The van der Waals surface area contributed by atoms with Crippen LogP contribution >= 0.6 is 11.8 Å². The van der Waals surface area contributed by atoms with E-state index in [1.54, 1.807) is 16.7 Å². The molecule has 0 aromatic heterocycles. The highest BCUT2D eigenvalue weighted by Crippen LogP contribution is 2.22. The van der Waals surface area contributed by atoms with E-state index in [9.17, 15) is 9.59 Å². The third kappa shape index (κ3) is 5.51. The molecule has 0 atom stereocenters. The lowest BCUT2D eigenvalue weighted by Gasteiger charge is -2.33. The van der Waals surface area contributed by atoms with Gasteiger partial charge in [-0.2, -0.15) is 0 Å². The second kappa shape index (κ2) is 7.35. The van der Waals surface area contributed by atoms with Crippen LogP contribution in [0.5, 0.6) is 0 Å². The summed E-state index contributed by atoms with van der Waals surface area (Å²) in [4.78, 5) is 29.9. The van der Waals surface area contributed by atoms with Gasteiger partial charge in [-0.3, -0.25) is 9.79 Å². The molecule has 124 valence electrons. The predicted molar refractivity (Wildman–Crippen MR) is 88.1 cm³/mol. The van der Waals surface area contributed by atoms with E-state index in [0.717, 1.165) is 30.3 Å². The van der Waals surface area contributed by atoms with Crippen LogP contribution in [0.15, 0.2) is 4.99 Å². The van der Waals surface area contributed by atoms with Gasteiger partial charge in [-0.05, 0) is 39.5 Å². The Morgan fingerprint density at radius 2 is 2.05 bits per heavy atom. The first-order valence-corrected chi connectivity index (χ1v) is 8.77. The standard InChI is InChI=1S/C15H25N3O3S/c1-15(2,3)21-14(20)18-7-4-11(5-8-18)10-12(19)17-13-16-6-9-22-13/h11H,4-10H2,1-3H3,(H,16,17,19). The number of nitrogens with one attached hydrogen (secondary N) is 1. The average molecular weight is 327 g/mol. The monoisotopic (exact) mass is 327 g/mol. The highest BCUT2D eigenvalue weighted by Gasteiger charge is 2.28. The van der Waals surface area contributed by atoms with E-state index in [2.05, 4.69) is 10.3 Å². The fourth-order valence-electron chi connectivity index (χ4n) is 2.49. The van der Waals surface area contributed by atoms with Crippen molar-refractivity contribution in [3.63, 3.8) is 0 Å². The summed E-state index contributed by atoms with van der Waals surface area (Å²) >= 11 is 1.59. The molecule has 0 radical (unpaired) electrons. The van der Waals surface area contributed by atoms with E-state index in [1.165, 1.54) is 0 Å². The van der Waals surface area contributed by atoms with Gasteiger partial charge in [-0.25, -0.2) is 4.79 Å². The molecular weight excluding hydrogens is 302 g/mol. The average Bonchev–Trinajstić information content (AvgIpc) is 2.90. The fourth-order valence-corrected chi connectivity index (χ4v) is 3.23. The molecule has 6 nitrogen and oxygen atoms in total. The van der Waals surface area contributed by atoms with Crippen LogP contribution in [-0.4, -0.2) is 53.1 Å². The van der Waals surface area contributed by atoms with Crippen LogP contribution in [0.1, 0.15) is 40.0 Å². The molecular formula is C15H25N3O3S. The highest BCUT2D eigenvalue weighted by atomic mass is 32.2. The lowest BCUT2D eigenvalue weighted by atomic mass is 9.93. The van der Waals surface area contributed by atoms with Gasteiger partial charge in [0, 0.05) is 25.3 Å². The highest BCUT2D eigenvalue weighted by molar-refractivity contribution is 8.14. The Kier molecular flexibility index (Phi) is 5.72. The topological polar surface area (TPSA) is 71.0 Å². The van der Waals surface area contributed by atoms with Crippen molar-refractivity contribution in [2.75, 3.05) is 25.4 Å². The number of thioether (sulfide) groups is 1. The van der Waals surface area contributed by atoms with E-state index in [1.807, 2.05) is 20.8 Å². The molecule has 0 aromatic rings. The van der Waals surface area contributed by atoms with Crippen molar-refractivity contribution in [2.45, 2.75) is 45.6 Å². The summed E-state index contributed by atoms with van der Waals surface area (Å²) in [6.45, 7) is 7.70. The van der Waals surface area contributed by atoms with Crippen molar-refractivity contribution in [3.8, 4) is 0 Å². The number of carbonyl (C=O) groups is 2. The van der Waals surface area contributed by atoms with Crippen molar-refractivity contribution in [3.05, 3.63) is 0 Å². The van der Waals surface area contributed by atoms with E-state index in [4.69, 9.17) is 4.74 Å². The van der Waals surface area contributed by atoms with Crippen molar-refractivity contribution < 1.29 is 14.3 Å². The van der Waals surface area contributed by atoms with Gasteiger partial charge in [0.25, 0.3) is 0 Å². The number of hydrogen-bond acceptors (Lipinski definition) is 5. The number of rotatable bonds is 2. The summed E-state index contributed by atoms with van der Waals surface area (Å²) < 4.78 is 5.37. The Morgan fingerprint density at radius 3 is 2.59 bits per heavy atom. The lowest BCUT2D eigenvalue weighted by Crippen LogP contribution is -2.42. The molecule has 0 saturated carbocycles. The minimum absolute atomic E-state index is 0.0314. The van der Waals surface area contributed by atoms with Crippen molar-refractivity contribution in [2.24, 2.45) is 10.9 Å². The molecule has 2 rings (SSSR count). The van der Waals surface area contributed by atoms with Crippen molar-refractivity contribution in [1.82, 2.24) is 10.2 Å². The Bertz CT molecular complexity index is 451. The quantitative estimate of drug-likeness (QED) is 0.844. The number of ether oxygens (including phenoxy) is 1. The Balaban J connectivity index is 1.70. The maximum atomic E-state index is 12.0. The molecule has 2 amide bonds. The molecule has 0 bridgehead atoms. The van der Waals surface area contributed by atoms with Crippen LogP contribution in [-0.2, 0) is 9.53 Å². The van der Waals surface area contributed by atoms with Gasteiger partial charge in [0.05, 0.1) is 6.54 Å². The largest absolute Gasteiger partial charge is 0.444 e. The first-order valence-electron chi connectivity index (χ1n) is 7.78. The molecule has 2 heterocycles. The smallest absolute Gasteiger partial charge is 0.410 e. The van der Waals surface area contributed by atoms with Crippen molar-refractivity contribution in [1.29, 1.82) is 0 Å². The molecule has 1 saturated heterocycles. The molecule has 7 heteroatoms. The molecule has 0 unspecified atom stereocenters. The second-order valence-corrected chi connectivity index (χ2v) is 7.78. The summed E-state index contributed by atoms with van der Waals surface area (Å²) in [6, 6.07) is 0.